The highest BCUT2D eigenvalue weighted by Gasteiger charge is 2.37. The Morgan fingerprint density at radius 1 is 1.23 bits per heavy atom. The first-order chi connectivity index (χ1) is 10.5. The van der Waals surface area contributed by atoms with Crippen molar-refractivity contribution in [1.29, 1.82) is 0 Å². The lowest BCUT2D eigenvalue weighted by atomic mass is 10.1. The Labute approximate surface area is 136 Å². The first-order valence-corrected chi connectivity index (χ1v) is 10.4. The van der Waals surface area contributed by atoms with Gasteiger partial charge in [0.25, 0.3) is 0 Å². The van der Waals surface area contributed by atoms with Crippen molar-refractivity contribution in [2.24, 2.45) is 0 Å². The van der Waals surface area contributed by atoms with Crippen LogP contribution in [0.4, 0.5) is 5.82 Å². The number of aromatic nitrogens is 2. The SMILES string of the molecule is CSc1nc(C)cc(N2CCC(NS(=O)(=O)C3CC3)CC2)n1. The molecule has 3 rings (SSSR count). The van der Waals surface area contributed by atoms with E-state index in [0.29, 0.717) is 0 Å². The summed E-state index contributed by atoms with van der Waals surface area (Å²) >= 11 is 1.54. The van der Waals surface area contributed by atoms with Crippen LogP contribution in [0.3, 0.4) is 0 Å². The highest BCUT2D eigenvalue weighted by molar-refractivity contribution is 7.98. The lowest BCUT2D eigenvalue weighted by Gasteiger charge is -2.33. The third-order valence-corrected chi connectivity index (χ3v) is 6.67. The van der Waals surface area contributed by atoms with Crippen molar-refractivity contribution in [3.63, 3.8) is 0 Å². The van der Waals surface area contributed by atoms with E-state index in [2.05, 4.69) is 19.6 Å². The van der Waals surface area contributed by atoms with E-state index in [-0.39, 0.29) is 11.3 Å². The highest BCUT2D eigenvalue weighted by Crippen LogP contribution is 2.29. The lowest BCUT2D eigenvalue weighted by molar-refractivity contribution is 0.457. The van der Waals surface area contributed by atoms with Crippen molar-refractivity contribution < 1.29 is 8.42 Å². The smallest absolute Gasteiger partial charge is 0.214 e. The van der Waals surface area contributed by atoms with E-state index in [9.17, 15) is 8.42 Å². The van der Waals surface area contributed by atoms with Crippen LogP contribution < -0.4 is 9.62 Å². The maximum Gasteiger partial charge on any atom is 0.214 e. The monoisotopic (exact) mass is 342 g/mol. The molecule has 8 heteroatoms. The van der Waals surface area contributed by atoms with Gasteiger partial charge in [-0.2, -0.15) is 0 Å². The molecule has 2 heterocycles. The maximum absolute atomic E-state index is 12.0. The number of rotatable bonds is 5. The molecule has 2 fully saturated rings. The highest BCUT2D eigenvalue weighted by atomic mass is 32.2. The number of hydrogen-bond donors (Lipinski definition) is 1. The zero-order valence-electron chi connectivity index (χ0n) is 12.9. The Kier molecular flexibility index (Phi) is 4.61. The van der Waals surface area contributed by atoms with Crippen molar-refractivity contribution >= 4 is 27.6 Å². The second-order valence-electron chi connectivity index (χ2n) is 5.98. The van der Waals surface area contributed by atoms with Gasteiger partial charge in [0.05, 0.1) is 5.25 Å². The van der Waals surface area contributed by atoms with Gasteiger partial charge in [0.2, 0.25) is 10.0 Å². The molecule has 0 aromatic carbocycles. The summed E-state index contributed by atoms with van der Waals surface area (Å²) < 4.78 is 26.9. The molecule has 0 spiro atoms. The quantitative estimate of drug-likeness (QED) is 0.646. The van der Waals surface area contributed by atoms with Crippen LogP contribution in [-0.4, -0.2) is 49.0 Å². The summed E-state index contributed by atoms with van der Waals surface area (Å²) in [7, 11) is -3.08. The van der Waals surface area contributed by atoms with Crippen LogP contribution in [0.15, 0.2) is 11.2 Å². The van der Waals surface area contributed by atoms with Gasteiger partial charge in [0.1, 0.15) is 5.82 Å². The van der Waals surface area contributed by atoms with E-state index in [4.69, 9.17) is 0 Å². The molecule has 22 heavy (non-hydrogen) atoms. The van der Waals surface area contributed by atoms with Gasteiger partial charge >= 0.3 is 0 Å². The fourth-order valence-corrected chi connectivity index (χ4v) is 4.78. The number of thioether (sulfide) groups is 1. The first kappa shape index (κ1) is 16.0. The average molecular weight is 342 g/mol. The Morgan fingerprint density at radius 3 is 2.50 bits per heavy atom. The maximum atomic E-state index is 12.0. The predicted molar refractivity (Wildman–Crippen MR) is 88.9 cm³/mol. The van der Waals surface area contributed by atoms with Crippen LogP contribution in [0.2, 0.25) is 0 Å². The zero-order valence-corrected chi connectivity index (χ0v) is 14.6. The van der Waals surface area contributed by atoms with E-state index in [1.807, 2.05) is 19.2 Å². The molecule has 1 N–H and O–H groups in total. The van der Waals surface area contributed by atoms with Crippen LogP contribution in [0, 0.1) is 6.92 Å². The first-order valence-electron chi connectivity index (χ1n) is 7.64. The Bertz CT molecular complexity index is 638. The van der Waals surface area contributed by atoms with Crippen molar-refractivity contribution in [2.45, 2.75) is 49.1 Å². The largest absolute Gasteiger partial charge is 0.356 e. The summed E-state index contributed by atoms with van der Waals surface area (Å²) in [4.78, 5) is 11.1. The summed E-state index contributed by atoms with van der Waals surface area (Å²) in [5.74, 6) is 0.945. The fourth-order valence-electron chi connectivity index (χ4n) is 2.71. The summed E-state index contributed by atoms with van der Waals surface area (Å²) in [6.07, 6.45) is 5.24. The van der Waals surface area contributed by atoms with Crippen LogP contribution in [0.25, 0.3) is 0 Å². The van der Waals surface area contributed by atoms with Gasteiger partial charge in [-0.1, -0.05) is 11.8 Å². The number of nitrogens with zero attached hydrogens (tertiary/aromatic N) is 3. The number of hydrogen-bond acceptors (Lipinski definition) is 6. The molecule has 1 aromatic rings. The normalized spacial score (nSPS) is 20.4. The van der Waals surface area contributed by atoms with Gasteiger partial charge in [-0.15, -0.1) is 0 Å². The molecule has 1 saturated carbocycles. The van der Waals surface area contributed by atoms with Crippen molar-refractivity contribution in [2.75, 3.05) is 24.2 Å². The van der Waals surface area contributed by atoms with Gasteiger partial charge in [-0.05, 0) is 38.9 Å². The minimum absolute atomic E-state index is 0.0600. The number of sulfonamides is 1. The molecule has 0 atom stereocenters. The van der Waals surface area contributed by atoms with Crippen molar-refractivity contribution in [3.05, 3.63) is 11.8 Å². The van der Waals surface area contributed by atoms with Crippen molar-refractivity contribution in [1.82, 2.24) is 14.7 Å². The lowest BCUT2D eigenvalue weighted by Crippen LogP contribution is -2.45. The number of anilines is 1. The fraction of sp³-hybridized carbons (Fsp3) is 0.714. The Balaban J connectivity index is 1.60. The van der Waals surface area contributed by atoms with Gasteiger partial charge in [0.15, 0.2) is 5.16 Å². The van der Waals surface area contributed by atoms with Gasteiger partial charge < -0.3 is 4.90 Å². The predicted octanol–water partition coefficient (Wildman–Crippen LogP) is 1.56. The zero-order chi connectivity index (χ0) is 15.7. The molecule has 0 radical (unpaired) electrons. The van der Waals surface area contributed by atoms with E-state index in [0.717, 1.165) is 55.4 Å². The minimum atomic E-state index is -3.08. The average Bonchev–Trinajstić information content (AvgIpc) is 3.32. The molecule has 0 amide bonds. The molecule has 0 bridgehead atoms. The summed E-state index contributed by atoms with van der Waals surface area (Å²) in [6.45, 7) is 3.62. The molecular weight excluding hydrogens is 320 g/mol. The van der Waals surface area contributed by atoms with Gasteiger partial charge in [-0.3, -0.25) is 0 Å². The molecule has 0 unspecified atom stereocenters. The standard InChI is InChI=1S/C14H22N4O2S2/c1-10-9-13(16-14(15-10)21-2)18-7-5-11(6-8-18)17-22(19,20)12-3-4-12/h9,11-12,17H,3-8H2,1-2H3. The molecule has 1 aliphatic heterocycles. The van der Waals surface area contributed by atoms with Crippen LogP contribution >= 0.6 is 11.8 Å². The third-order valence-electron chi connectivity index (χ3n) is 4.12. The van der Waals surface area contributed by atoms with Gasteiger partial charge in [-0.25, -0.2) is 23.1 Å². The topological polar surface area (TPSA) is 75.2 Å². The molecule has 2 aliphatic rings. The number of aryl methyl sites for hydroxylation is 1. The Morgan fingerprint density at radius 2 is 1.91 bits per heavy atom. The number of nitrogens with one attached hydrogen (secondary N) is 1. The van der Waals surface area contributed by atoms with Crippen LogP contribution in [0.1, 0.15) is 31.4 Å². The molecule has 1 saturated heterocycles. The summed E-state index contributed by atoms with van der Waals surface area (Å²) in [6, 6.07) is 2.05. The van der Waals surface area contributed by atoms with Crippen LogP contribution in [-0.2, 0) is 10.0 Å². The van der Waals surface area contributed by atoms with E-state index < -0.39 is 10.0 Å². The molecule has 1 aromatic heterocycles. The molecule has 122 valence electrons. The molecular formula is C14H22N4O2S2. The van der Waals surface area contributed by atoms with Gasteiger partial charge in [0, 0.05) is 30.9 Å². The molecule has 6 nitrogen and oxygen atoms in total. The summed E-state index contributed by atoms with van der Waals surface area (Å²) in [5, 5.41) is 0.644. The summed E-state index contributed by atoms with van der Waals surface area (Å²) in [5.41, 5.74) is 0.964. The van der Waals surface area contributed by atoms with E-state index in [1.54, 1.807) is 0 Å². The van der Waals surface area contributed by atoms with Crippen molar-refractivity contribution in [3.8, 4) is 0 Å². The van der Waals surface area contributed by atoms with E-state index >= 15 is 0 Å². The molecule has 1 aliphatic carbocycles. The van der Waals surface area contributed by atoms with E-state index in [1.165, 1.54) is 11.8 Å². The second kappa shape index (κ2) is 6.33. The number of piperidine rings is 1. The third kappa shape index (κ3) is 3.72. The minimum Gasteiger partial charge on any atom is -0.356 e. The van der Waals surface area contributed by atoms with Crippen LogP contribution in [0.5, 0.6) is 0 Å². The second-order valence-corrected chi connectivity index (χ2v) is 8.74. The Hall–Kier alpha value is -0.860.